The summed E-state index contributed by atoms with van der Waals surface area (Å²) in [7, 11) is 0. The SMILES string of the molecule is CC(Cn1cccc1)NC(=O)C(C)(C)CCl. The van der Waals surface area contributed by atoms with Gasteiger partial charge in [0.05, 0.1) is 5.41 Å². The number of alkyl halides is 1. The van der Waals surface area contributed by atoms with Crippen molar-refractivity contribution in [2.45, 2.75) is 33.4 Å². The molecule has 1 N–H and O–H groups in total. The van der Waals surface area contributed by atoms with Crippen LogP contribution in [0.2, 0.25) is 0 Å². The van der Waals surface area contributed by atoms with Gasteiger partial charge in [-0.1, -0.05) is 0 Å². The van der Waals surface area contributed by atoms with Crippen LogP contribution in [0.25, 0.3) is 0 Å². The summed E-state index contributed by atoms with van der Waals surface area (Å²) in [4.78, 5) is 11.8. The van der Waals surface area contributed by atoms with Crippen molar-refractivity contribution in [1.82, 2.24) is 9.88 Å². The van der Waals surface area contributed by atoms with Crippen LogP contribution in [0.3, 0.4) is 0 Å². The molecule has 0 bridgehead atoms. The topological polar surface area (TPSA) is 34.0 Å². The molecule has 0 fully saturated rings. The number of halogens is 1. The van der Waals surface area contributed by atoms with Gasteiger partial charge in [0.15, 0.2) is 0 Å². The zero-order chi connectivity index (χ0) is 12.2. The number of aromatic nitrogens is 1. The first-order chi connectivity index (χ1) is 7.45. The van der Waals surface area contributed by atoms with Crippen LogP contribution >= 0.6 is 11.6 Å². The van der Waals surface area contributed by atoms with E-state index in [9.17, 15) is 4.79 Å². The van der Waals surface area contributed by atoms with Gasteiger partial charge in [0, 0.05) is 30.9 Å². The Balaban J connectivity index is 2.46. The lowest BCUT2D eigenvalue weighted by Gasteiger charge is -2.24. The summed E-state index contributed by atoms with van der Waals surface area (Å²) in [5.74, 6) is 0.330. The van der Waals surface area contributed by atoms with Gasteiger partial charge in [-0.25, -0.2) is 0 Å². The third kappa shape index (κ3) is 3.56. The molecule has 1 atom stereocenters. The Kier molecular flexibility index (Phi) is 4.42. The van der Waals surface area contributed by atoms with Gasteiger partial charge in [0.1, 0.15) is 0 Å². The molecule has 0 saturated carbocycles. The van der Waals surface area contributed by atoms with E-state index >= 15 is 0 Å². The number of nitrogens with one attached hydrogen (secondary N) is 1. The Hall–Kier alpha value is -0.960. The molecule has 3 nitrogen and oxygen atoms in total. The van der Waals surface area contributed by atoms with E-state index in [1.165, 1.54) is 0 Å². The molecule has 1 rings (SSSR count). The molecule has 0 aliphatic rings. The van der Waals surface area contributed by atoms with Crippen LogP contribution in [0.5, 0.6) is 0 Å². The number of nitrogens with zero attached hydrogens (tertiary/aromatic N) is 1. The van der Waals surface area contributed by atoms with E-state index in [2.05, 4.69) is 5.32 Å². The van der Waals surface area contributed by atoms with Crippen molar-refractivity contribution in [1.29, 1.82) is 0 Å². The average molecular weight is 243 g/mol. The lowest BCUT2D eigenvalue weighted by Crippen LogP contribution is -2.44. The van der Waals surface area contributed by atoms with Gasteiger partial charge in [-0.3, -0.25) is 4.79 Å². The number of amides is 1. The van der Waals surface area contributed by atoms with E-state index in [1.54, 1.807) is 0 Å². The Morgan fingerprint density at radius 2 is 2.00 bits per heavy atom. The van der Waals surface area contributed by atoms with Gasteiger partial charge in [0.25, 0.3) is 0 Å². The molecule has 1 heterocycles. The molecule has 0 saturated heterocycles. The maximum absolute atomic E-state index is 11.8. The predicted molar refractivity (Wildman–Crippen MR) is 66.5 cm³/mol. The van der Waals surface area contributed by atoms with E-state index in [-0.39, 0.29) is 11.9 Å². The number of carbonyl (C=O) groups excluding carboxylic acids is 1. The van der Waals surface area contributed by atoms with Crippen LogP contribution in [-0.4, -0.2) is 22.4 Å². The maximum Gasteiger partial charge on any atom is 0.227 e. The minimum atomic E-state index is -0.507. The molecule has 16 heavy (non-hydrogen) atoms. The molecular weight excluding hydrogens is 224 g/mol. The van der Waals surface area contributed by atoms with Gasteiger partial charge in [0.2, 0.25) is 5.91 Å². The smallest absolute Gasteiger partial charge is 0.227 e. The fraction of sp³-hybridized carbons (Fsp3) is 0.583. The molecule has 0 radical (unpaired) electrons. The number of carbonyl (C=O) groups is 1. The third-order valence-electron chi connectivity index (χ3n) is 2.48. The molecule has 1 aromatic rings. The first-order valence-electron chi connectivity index (χ1n) is 5.43. The highest BCUT2D eigenvalue weighted by atomic mass is 35.5. The third-order valence-corrected chi connectivity index (χ3v) is 3.15. The largest absolute Gasteiger partial charge is 0.352 e. The van der Waals surface area contributed by atoms with Crippen molar-refractivity contribution in [3.8, 4) is 0 Å². The summed E-state index contributed by atoms with van der Waals surface area (Å²) in [6, 6.07) is 4.04. The van der Waals surface area contributed by atoms with Crippen molar-refractivity contribution >= 4 is 17.5 Å². The summed E-state index contributed by atoms with van der Waals surface area (Å²) in [5.41, 5.74) is -0.507. The fourth-order valence-electron chi connectivity index (χ4n) is 1.33. The first-order valence-corrected chi connectivity index (χ1v) is 5.97. The van der Waals surface area contributed by atoms with E-state index < -0.39 is 5.41 Å². The second kappa shape index (κ2) is 5.39. The summed E-state index contributed by atoms with van der Waals surface area (Å²) in [6.45, 7) is 6.45. The molecule has 0 aliphatic carbocycles. The number of rotatable bonds is 5. The molecule has 90 valence electrons. The molecule has 1 aromatic heterocycles. The van der Waals surface area contributed by atoms with Gasteiger partial charge >= 0.3 is 0 Å². The lowest BCUT2D eigenvalue weighted by molar-refractivity contribution is -0.129. The van der Waals surface area contributed by atoms with E-state index in [0.29, 0.717) is 5.88 Å². The van der Waals surface area contributed by atoms with Crippen LogP contribution < -0.4 is 5.32 Å². The Labute approximate surface area is 102 Å². The normalized spacial score (nSPS) is 13.5. The predicted octanol–water partition coefficient (Wildman–Crippen LogP) is 2.26. The van der Waals surface area contributed by atoms with Gasteiger partial charge < -0.3 is 9.88 Å². The monoisotopic (exact) mass is 242 g/mol. The summed E-state index contributed by atoms with van der Waals surface area (Å²) in [5, 5.41) is 2.97. The summed E-state index contributed by atoms with van der Waals surface area (Å²) < 4.78 is 2.04. The van der Waals surface area contributed by atoms with Gasteiger partial charge in [-0.2, -0.15) is 0 Å². The molecule has 1 unspecified atom stereocenters. The van der Waals surface area contributed by atoms with E-state index in [4.69, 9.17) is 11.6 Å². The summed E-state index contributed by atoms with van der Waals surface area (Å²) in [6.07, 6.45) is 3.96. The average Bonchev–Trinajstić information content (AvgIpc) is 2.70. The molecule has 0 aromatic carbocycles. The highest BCUT2D eigenvalue weighted by Gasteiger charge is 2.27. The molecule has 0 spiro atoms. The minimum Gasteiger partial charge on any atom is -0.352 e. The van der Waals surface area contributed by atoms with Crippen molar-refractivity contribution in [2.24, 2.45) is 5.41 Å². The molecule has 1 amide bonds. The van der Waals surface area contributed by atoms with Crippen LogP contribution in [0, 0.1) is 5.41 Å². The maximum atomic E-state index is 11.8. The van der Waals surface area contributed by atoms with Gasteiger partial charge in [-0.05, 0) is 32.9 Å². The van der Waals surface area contributed by atoms with E-state index in [0.717, 1.165) is 6.54 Å². The highest BCUT2D eigenvalue weighted by Crippen LogP contribution is 2.17. The fourth-order valence-corrected chi connectivity index (χ4v) is 1.45. The first kappa shape index (κ1) is 13.1. The Morgan fingerprint density at radius 1 is 1.44 bits per heavy atom. The Bertz CT molecular complexity index is 333. The summed E-state index contributed by atoms with van der Waals surface area (Å²) >= 11 is 5.75. The quantitative estimate of drug-likeness (QED) is 0.790. The highest BCUT2D eigenvalue weighted by molar-refractivity contribution is 6.19. The van der Waals surface area contributed by atoms with E-state index in [1.807, 2.05) is 49.9 Å². The van der Waals surface area contributed by atoms with Crippen molar-refractivity contribution < 1.29 is 4.79 Å². The molecule has 0 aliphatic heterocycles. The van der Waals surface area contributed by atoms with Crippen LogP contribution in [0.15, 0.2) is 24.5 Å². The van der Waals surface area contributed by atoms with Crippen LogP contribution in [0.4, 0.5) is 0 Å². The molecular formula is C12H19ClN2O. The number of hydrogen-bond donors (Lipinski definition) is 1. The van der Waals surface area contributed by atoms with Crippen molar-refractivity contribution in [3.05, 3.63) is 24.5 Å². The second-order valence-corrected chi connectivity index (χ2v) is 5.04. The lowest BCUT2D eigenvalue weighted by atomic mass is 9.95. The standard InChI is InChI=1S/C12H19ClN2O/c1-10(8-15-6-4-5-7-15)14-11(16)12(2,3)9-13/h4-7,10H,8-9H2,1-3H3,(H,14,16). The zero-order valence-electron chi connectivity index (χ0n) is 10.0. The van der Waals surface area contributed by atoms with Crippen LogP contribution in [-0.2, 0) is 11.3 Å². The number of hydrogen-bond acceptors (Lipinski definition) is 1. The van der Waals surface area contributed by atoms with Crippen LogP contribution in [0.1, 0.15) is 20.8 Å². The second-order valence-electron chi connectivity index (χ2n) is 4.77. The minimum absolute atomic E-state index is 0.00200. The van der Waals surface area contributed by atoms with Crippen molar-refractivity contribution in [2.75, 3.05) is 5.88 Å². The van der Waals surface area contributed by atoms with Gasteiger partial charge in [-0.15, -0.1) is 11.6 Å². The molecule has 4 heteroatoms. The van der Waals surface area contributed by atoms with Crippen molar-refractivity contribution in [3.63, 3.8) is 0 Å². The Morgan fingerprint density at radius 3 is 2.50 bits per heavy atom. The zero-order valence-corrected chi connectivity index (χ0v) is 10.8.